The summed E-state index contributed by atoms with van der Waals surface area (Å²) in [6, 6.07) is 0. The molecule has 1 rings (SSSR count). The van der Waals surface area contributed by atoms with Gasteiger partial charge in [-0.15, -0.1) is 0 Å². The first-order chi connectivity index (χ1) is 7.15. The zero-order chi connectivity index (χ0) is 11.3. The van der Waals surface area contributed by atoms with Gasteiger partial charge >= 0.3 is 5.82 Å². The van der Waals surface area contributed by atoms with Crippen molar-refractivity contribution < 1.29 is 4.92 Å². The fourth-order valence-electron chi connectivity index (χ4n) is 1.00. The molecule has 0 atom stereocenters. The highest BCUT2D eigenvalue weighted by molar-refractivity contribution is 5.54. The normalized spacial score (nSPS) is 10.2. The number of azide groups is 1. The molecule has 15 heavy (non-hydrogen) atoms. The zero-order valence-electron chi connectivity index (χ0n) is 7.91. The molecule has 0 unspecified atom stereocenters. The van der Waals surface area contributed by atoms with Crippen molar-refractivity contribution in [2.45, 2.75) is 6.92 Å². The number of H-pyrrole nitrogens is 1. The number of aromatic nitrogens is 2. The maximum atomic E-state index is 10.5. The molecule has 1 aromatic heterocycles. The number of imidazole rings is 1. The van der Waals surface area contributed by atoms with E-state index >= 15 is 0 Å². The van der Waals surface area contributed by atoms with Gasteiger partial charge < -0.3 is 10.1 Å². The SMILES string of the molecule is Cc1nc(C=CCN=[N+]=[N-])c([N+](=O)[O-])[nH]1. The molecule has 8 nitrogen and oxygen atoms in total. The highest BCUT2D eigenvalue weighted by Gasteiger charge is 2.14. The lowest BCUT2D eigenvalue weighted by molar-refractivity contribution is -0.389. The predicted molar refractivity (Wildman–Crippen MR) is 53.0 cm³/mol. The third-order valence-electron chi connectivity index (χ3n) is 1.54. The van der Waals surface area contributed by atoms with E-state index in [1.54, 1.807) is 6.92 Å². The smallest absolute Gasteiger partial charge is 0.348 e. The summed E-state index contributed by atoms with van der Waals surface area (Å²) >= 11 is 0. The van der Waals surface area contributed by atoms with E-state index in [9.17, 15) is 10.1 Å². The number of nitrogens with one attached hydrogen (secondary N) is 1. The molecular formula is C7H8N6O2. The number of hydrogen-bond donors (Lipinski definition) is 1. The quantitative estimate of drug-likeness (QED) is 0.267. The minimum atomic E-state index is -0.548. The van der Waals surface area contributed by atoms with Crippen LogP contribution in [0.1, 0.15) is 11.5 Å². The first-order valence-corrected chi connectivity index (χ1v) is 4.03. The Morgan fingerprint density at radius 1 is 1.80 bits per heavy atom. The van der Waals surface area contributed by atoms with Crippen molar-refractivity contribution in [3.05, 3.63) is 38.2 Å². The Balaban J connectivity index is 2.88. The number of hydrogen-bond acceptors (Lipinski definition) is 4. The van der Waals surface area contributed by atoms with Gasteiger partial charge in [0.1, 0.15) is 0 Å². The van der Waals surface area contributed by atoms with Crippen LogP contribution in [0.25, 0.3) is 16.5 Å². The summed E-state index contributed by atoms with van der Waals surface area (Å²) in [4.78, 5) is 19.0. The molecule has 1 heterocycles. The van der Waals surface area contributed by atoms with E-state index in [1.165, 1.54) is 12.2 Å². The van der Waals surface area contributed by atoms with E-state index in [2.05, 4.69) is 20.0 Å². The van der Waals surface area contributed by atoms with Crippen LogP contribution in [0.15, 0.2) is 11.2 Å². The molecule has 0 aliphatic carbocycles. The summed E-state index contributed by atoms with van der Waals surface area (Å²) in [6.45, 7) is 1.76. The summed E-state index contributed by atoms with van der Waals surface area (Å²) in [5.41, 5.74) is 8.23. The third-order valence-corrected chi connectivity index (χ3v) is 1.54. The molecule has 0 amide bonds. The molecule has 0 saturated heterocycles. The minimum Gasteiger partial charge on any atom is -0.358 e. The summed E-state index contributed by atoms with van der Waals surface area (Å²) < 4.78 is 0. The van der Waals surface area contributed by atoms with Crippen molar-refractivity contribution in [3.8, 4) is 0 Å². The molecular weight excluding hydrogens is 200 g/mol. The molecule has 0 aromatic carbocycles. The lowest BCUT2D eigenvalue weighted by Gasteiger charge is -1.89. The number of aryl methyl sites for hydroxylation is 1. The van der Waals surface area contributed by atoms with Gasteiger partial charge in [0, 0.05) is 18.4 Å². The average molecular weight is 208 g/mol. The highest BCUT2D eigenvalue weighted by atomic mass is 16.6. The molecule has 0 aliphatic rings. The van der Waals surface area contributed by atoms with Crippen LogP contribution in [0.5, 0.6) is 0 Å². The van der Waals surface area contributed by atoms with Gasteiger partial charge in [-0.25, -0.2) is 9.97 Å². The minimum absolute atomic E-state index is 0.138. The van der Waals surface area contributed by atoms with Gasteiger partial charge in [0.15, 0.2) is 11.5 Å². The largest absolute Gasteiger partial charge is 0.358 e. The van der Waals surface area contributed by atoms with Crippen molar-refractivity contribution >= 4 is 11.9 Å². The summed E-state index contributed by atoms with van der Waals surface area (Å²) in [5.74, 6) is 0.301. The Hall–Kier alpha value is -2.34. The number of rotatable bonds is 4. The molecule has 1 N–H and O–H groups in total. The fourth-order valence-corrected chi connectivity index (χ4v) is 1.00. The lowest BCUT2D eigenvalue weighted by Crippen LogP contribution is -1.90. The number of nitro groups is 1. The number of aromatic amines is 1. The van der Waals surface area contributed by atoms with Gasteiger partial charge in [0.2, 0.25) is 0 Å². The van der Waals surface area contributed by atoms with Crippen LogP contribution in [-0.4, -0.2) is 21.4 Å². The van der Waals surface area contributed by atoms with Gasteiger partial charge in [-0.05, 0) is 16.5 Å². The van der Waals surface area contributed by atoms with Crippen molar-refractivity contribution in [2.24, 2.45) is 5.11 Å². The molecule has 0 saturated carbocycles. The van der Waals surface area contributed by atoms with E-state index in [-0.39, 0.29) is 18.1 Å². The maximum Gasteiger partial charge on any atom is 0.348 e. The Kier molecular flexibility index (Phi) is 3.42. The molecule has 78 valence electrons. The second-order valence-corrected chi connectivity index (χ2v) is 2.63. The Labute approximate surface area is 84.4 Å². The van der Waals surface area contributed by atoms with Crippen molar-refractivity contribution in [3.63, 3.8) is 0 Å². The molecule has 0 radical (unpaired) electrons. The lowest BCUT2D eigenvalue weighted by atomic mass is 10.4. The predicted octanol–water partition coefficient (Wildman–Crippen LogP) is 1.95. The topological polar surface area (TPSA) is 121 Å². The third kappa shape index (κ3) is 2.82. The second kappa shape index (κ2) is 4.77. The van der Waals surface area contributed by atoms with Crippen LogP contribution in [0.3, 0.4) is 0 Å². The summed E-state index contributed by atoms with van der Waals surface area (Å²) in [5, 5.41) is 13.8. The Bertz CT molecular complexity index is 442. The van der Waals surface area contributed by atoms with Gasteiger partial charge in [0.25, 0.3) is 0 Å². The Morgan fingerprint density at radius 3 is 3.13 bits per heavy atom. The van der Waals surface area contributed by atoms with E-state index in [4.69, 9.17) is 5.53 Å². The van der Waals surface area contributed by atoms with E-state index < -0.39 is 4.92 Å². The fraction of sp³-hybridized carbons (Fsp3) is 0.286. The van der Waals surface area contributed by atoms with Crippen LogP contribution < -0.4 is 0 Å². The van der Waals surface area contributed by atoms with Crippen LogP contribution >= 0.6 is 0 Å². The second-order valence-electron chi connectivity index (χ2n) is 2.63. The van der Waals surface area contributed by atoms with Crippen LogP contribution in [0.2, 0.25) is 0 Å². The van der Waals surface area contributed by atoms with Gasteiger partial charge in [-0.2, -0.15) is 0 Å². The molecule has 0 aliphatic heterocycles. The summed E-state index contributed by atoms with van der Waals surface area (Å²) in [7, 11) is 0. The van der Waals surface area contributed by atoms with Gasteiger partial charge in [-0.1, -0.05) is 11.2 Å². The number of nitrogens with zero attached hydrogens (tertiary/aromatic N) is 5. The molecule has 0 bridgehead atoms. The zero-order valence-corrected chi connectivity index (χ0v) is 7.91. The van der Waals surface area contributed by atoms with Crippen LogP contribution in [-0.2, 0) is 0 Å². The van der Waals surface area contributed by atoms with Crippen LogP contribution in [0, 0.1) is 17.0 Å². The first kappa shape index (κ1) is 10.7. The standard InChI is InChI=1S/C7H8N6O2/c1-5-10-6(3-2-4-9-12-8)7(11-5)13(14)15/h2-3H,4H2,1H3,(H,10,11). The van der Waals surface area contributed by atoms with Gasteiger partial charge in [0.05, 0.1) is 0 Å². The maximum absolute atomic E-state index is 10.5. The van der Waals surface area contributed by atoms with Crippen molar-refractivity contribution in [2.75, 3.05) is 6.54 Å². The molecule has 8 heteroatoms. The molecule has 0 spiro atoms. The highest BCUT2D eigenvalue weighted by Crippen LogP contribution is 2.15. The molecule has 1 aromatic rings. The van der Waals surface area contributed by atoms with Crippen molar-refractivity contribution in [1.82, 2.24) is 9.97 Å². The summed E-state index contributed by atoms with van der Waals surface area (Å²) in [6.07, 6.45) is 2.94. The average Bonchev–Trinajstić information content (AvgIpc) is 2.55. The van der Waals surface area contributed by atoms with E-state index in [0.717, 1.165) is 0 Å². The van der Waals surface area contributed by atoms with E-state index in [1.807, 2.05) is 0 Å². The van der Waals surface area contributed by atoms with Crippen molar-refractivity contribution in [1.29, 1.82) is 0 Å². The van der Waals surface area contributed by atoms with Gasteiger partial charge in [-0.3, -0.25) is 0 Å². The first-order valence-electron chi connectivity index (χ1n) is 4.03. The Morgan fingerprint density at radius 2 is 2.53 bits per heavy atom. The van der Waals surface area contributed by atoms with Crippen LogP contribution in [0.4, 0.5) is 5.82 Å². The van der Waals surface area contributed by atoms with E-state index in [0.29, 0.717) is 5.82 Å². The monoisotopic (exact) mass is 208 g/mol. The molecule has 0 fully saturated rings.